The summed E-state index contributed by atoms with van der Waals surface area (Å²) >= 11 is 0. The summed E-state index contributed by atoms with van der Waals surface area (Å²) in [4.78, 5) is 31.1. The number of fused-ring (bicyclic) bond motifs is 1. The van der Waals surface area contributed by atoms with Gasteiger partial charge in [0.25, 0.3) is 11.8 Å². The highest BCUT2D eigenvalue weighted by molar-refractivity contribution is 6.37. The van der Waals surface area contributed by atoms with Gasteiger partial charge in [-0.05, 0) is 66.9 Å². The lowest BCUT2D eigenvalue weighted by molar-refractivity contribution is -0.110. The van der Waals surface area contributed by atoms with E-state index in [0.717, 1.165) is 42.7 Å². The molecule has 4 aromatic carbocycles. The fourth-order valence-corrected chi connectivity index (χ4v) is 5.57. The van der Waals surface area contributed by atoms with E-state index in [4.69, 9.17) is 0 Å². The van der Waals surface area contributed by atoms with Crippen LogP contribution in [-0.2, 0) is 17.9 Å². The van der Waals surface area contributed by atoms with Crippen molar-refractivity contribution < 1.29 is 9.59 Å². The molecule has 0 radical (unpaired) electrons. The second kappa shape index (κ2) is 14.0. The van der Waals surface area contributed by atoms with E-state index in [9.17, 15) is 9.59 Å². The van der Waals surface area contributed by atoms with Crippen LogP contribution in [-0.4, -0.2) is 41.8 Å². The van der Waals surface area contributed by atoms with Crippen molar-refractivity contribution in [3.63, 3.8) is 0 Å². The molecule has 5 rings (SSSR count). The van der Waals surface area contributed by atoms with Gasteiger partial charge in [0, 0.05) is 48.7 Å². The molecule has 0 saturated carbocycles. The van der Waals surface area contributed by atoms with E-state index in [1.165, 1.54) is 11.1 Å². The van der Waals surface area contributed by atoms with Gasteiger partial charge < -0.3 is 15.5 Å². The van der Waals surface area contributed by atoms with E-state index >= 15 is 0 Å². The molecule has 0 saturated heterocycles. The fraction of sp³-hybridized carbons (Fsp3) is 0.243. The largest absolute Gasteiger partial charge is 0.354 e. The molecule has 0 unspecified atom stereocenters. The van der Waals surface area contributed by atoms with Gasteiger partial charge in [0.2, 0.25) is 0 Å². The molecule has 43 heavy (non-hydrogen) atoms. The zero-order valence-corrected chi connectivity index (χ0v) is 25.3. The van der Waals surface area contributed by atoms with Crippen molar-refractivity contribution in [1.29, 1.82) is 0 Å². The van der Waals surface area contributed by atoms with Gasteiger partial charge in [0.05, 0.1) is 11.3 Å². The molecule has 1 aliphatic heterocycles. The van der Waals surface area contributed by atoms with Gasteiger partial charge in [-0.25, -0.2) is 0 Å². The molecule has 0 atom stereocenters. The number of amides is 2. The minimum absolute atomic E-state index is 0.00718. The molecule has 1 aliphatic rings. The van der Waals surface area contributed by atoms with Crippen LogP contribution in [0.1, 0.15) is 59.3 Å². The summed E-state index contributed by atoms with van der Waals surface area (Å²) in [6, 6.07) is 34.2. The Morgan fingerprint density at radius 3 is 1.98 bits per heavy atom. The standard InChI is InChI=1S/C37H40N4O2/c1-4-22-41(23-5-2)37(43)30-18-21-33-32(24-30)34(36(42)39-33)35(29-14-10-7-11-15-29)38-31-19-16-28(17-20-31)26-40(3)25-27-12-8-6-9-13-27/h6-21,24,38H,4-5,22-23,25-26H2,1-3H3,(H,39,42)/b35-34-. The van der Waals surface area contributed by atoms with Gasteiger partial charge in [0.15, 0.2) is 0 Å². The number of carbonyl (C=O) groups excluding carboxylic acids is 2. The first-order valence-electron chi connectivity index (χ1n) is 15.1. The third-order valence-electron chi connectivity index (χ3n) is 7.57. The van der Waals surface area contributed by atoms with Crippen LogP contribution in [0.15, 0.2) is 103 Å². The maximum absolute atomic E-state index is 13.5. The molecule has 0 bridgehead atoms. The first-order valence-corrected chi connectivity index (χ1v) is 15.1. The summed E-state index contributed by atoms with van der Waals surface area (Å²) in [5, 5.41) is 6.56. The van der Waals surface area contributed by atoms with E-state index < -0.39 is 0 Å². The zero-order valence-electron chi connectivity index (χ0n) is 25.3. The van der Waals surface area contributed by atoms with Gasteiger partial charge in [-0.15, -0.1) is 0 Å². The Kier molecular flexibility index (Phi) is 9.70. The molecule has 1 heterocycles. The fourth-order valence-electron chi connectivity index (χ4n) is 5.57. The first kappa shape index (κ1) is 29.8. The minimum atomic E-state index is -0.191. The summed E-state index contributed by atoms with van der Waals surface area (Å²) in [5.74, 6) is -0.198. The highest BCUT2D eigenvalue weighted by Gasteiger charge is 2.30. The normalized spacial score (nSPS) is 13.4. The number of hydrogen-bond acceptors (Lipinski definition) is 4. The smallest absolute Gasteiger partial charge is 0.258 e. The SMILES string of the molecule is CCCN(CCC)C(=O)c1ccc2c(c1)/C(=C(/Nc1ccc(CN(C)Cc3ccccc3)cc1)c1ccccc1)C(=O)N2. The van der Waals surface area contributed by atoms with E-state index in [-0.39, 0.29) is 11.8 Å². The van der Waals surface area contributed by atoms with Gasteiger partial charge in [-0.2, -0.15) is 0 Å². The lowest BCUT2D eigenvalue weighted by atomic mass is 9.98. The second-order valence-corrected chi connectivity index (χ2v) is 11.1. The number of nitrogens with zero attached hydrogens (tertiary/aromatic N) is 2. The summed E-state index contributed by atoms with van der Waals surface area (Å²) in [5.41, 5.74) is 7.52. The number of carbonyl (C=O) groups is 2. The highest BCUT2D eigenvalue weighted by atomic mass is 16.2. The lowest BCUT2D eigenvalue weighted by Crippen LogP contribution is -2.32. The predicted molar refractivity (Wildman–Crippen MR) is 176 cm³/mol. The van der Waals surface area contributed by atoms with Crippen LogP contribution in [0.5, 0.6) is 0 Å². The molecule has 2 amide bonds. The van der Waals surface area contributed by atoms with Crippen LogP contribution in [0.3, 0.4) is 0 Å². The van der Waals surface area contributed by atoms with Crippen LogP contribution in [0.4, 0.5) is 11.4 Å². The topological polar surface area (TPSA) is 64.7 Å². The van der Waals surface area contributed by atoms with Crippen LogP contribution < -0.4 is 10.6 Å². The Morgan fingerprint density at radius 2 is 1.35 bits per heavy atom. The summed E-state index contributed by atoms with van der Waals surface area (Å²) in [7, 11) is 2.12. The van der Waals surface area contributed by atoms with Crippen molar-refractivity contribution in [3.05, 3.63) is 131 Å². The highest BCUT2D eigenvalue weighted by Crippen LogP contribution is 2.38. The quantitative estimate of drug-likeness (QED) is 0.172. The molecule has 6 heteroatoms. The molecule has 0 fully saturated rings. The molecule has 0 spiro atoms. The number of rotatable bonds is 12. The monoisotopic (exact) mass is 572 g/mol. The lowest BCUT2D eigenvalue weighted by Gasteiger charge is -2.22. The maximum Gasteiger partial charge on any atom is 0.258 e. The Labute approximate surface area is 255 Å². The average molecular weight is 573 g/mol. The van der Waals surface area contributed by atoms with Crippen LogP contribution >= 0.6 is 0 Å². The summed E-state index contributed by atoms with van der Waals surface area (Å²) in [6.07, 6.45) is 1.79. The van der Waals surface area contributed by atoms with Gasteiger partial charge in [0.1, 0.15) is 0 Å². The number of anilines is 2. The van der Waals surface area contributed by atoms with E-state index in [0.29, 0.717) is 35.6 Å². The zero-order chi connectivity index (χ0) is 30.2. The Balaban J connectivity index is 1.44. The molecule has 220 valence electrons. The number of nitrogens with one attached hydrogen (secondary N) is 2. The maximum atomic E-state index is 13.5. The summed E-state index contributed by atoms with van der Waals surface area (Å²) in [6.45, 7) is 7.27. The molecule has 2 N–H and O–H groups in total. The molecular weight excluding hydrogens is 532 g/mol. The Morgan fingerprint density at radius 1 is 0.744 bits per heavy atom. The first-order chi connectivity index (χ1) is 21.0. The molecular formula is C37H40N4O2. The molecule has 4 aromatic rings. The third kappa shape index (κ3) is 7.22. The second-order valence-electron chi connectivity index (χ2n) is 11.1. The molecule has 0 aliphatic carbocycles. The van der Waals surface area contributed by atoms with Crippen LogP contribution in [0, 0.1) is 0 Å². The van der Waals surface area contributed by atoms with Crippen molar-refractivity contribution in [2.24, 2.45) is 0 Å². The van der Waals surface area contributed by atoms with Crippen molar-refractivity contribution in [2.75, 3.05) is 30.8 Å². The van der Waals surface area contributed by atoms with E-state index in [1.54, 1.807) is 0 Å². The van der Waals surface area contributed by atoms with Crippen molar-refractivity contribution >= 4 is 34.5 Å². The van der Waals surface area contributed by atoms with Crippen LogP contribution in [0.2, 0.25) is 0 Å². The number of benzene rings is 4. The van der Waals surface area contributed by atoms with Gasteiger partial charge >= 0.3 is 0 Å². The van der Waals surface area contributed by atoms with Crippen molar-refractivity contribution in [1.82, 2.24) is 9.80 Å². The average Bonchev–Trinajstić information content (AvgIpc) is 3.35. The van der Waals surface area contributed by atoms with E-state index in [1.807, 2.05) is 59.5 Å². The van der Waals surface area contributed by atoms with Gasteiger partial charge in [-0.3, -0.25) is 14.5 Å². The van der Waals surface area contributed by atoms with E-state index in [2.05, 4.69) is 85.0 Å². The molecule has 0 aromatic heterocycles. The third-order valence-corrected chi connectivity index (χ3v) is 7.57. The van der Waals surface area contributed by atoms with Crippen LogP contribution in [0.25, 0.3) is 11.3 Å². The van der Waals surface area contributed by atoms with Crippen molar-refractivity contribution in [2.45, 2.75) is 39.8 Å². The Hall–Kier alpha value is -4.68. The minimum Gasteiger partial charge on any atom is -0.354 e. The number of hydrogen-bond donors (Lipinski definition) is 2. The Bertz CT molecular complexity index is 1570. The van der Waals surface area contributed by atoms with Crippen molar-refractivity contribution in [3.8, 4) is 0 Å². The summed E-state index contributed by atoms with van der Waals surface area (Å²) < 4.78 is 0. The molecule has 6 nitrogen and oxygen atoms in total. The van der Waals surface area contributed by atoms with Gasteiger partial charge in [-0.1, -0.05) is 86.6 Å². The predicted octanol–water partition coefficient (Wildman–Crippen LogP) is 7.51.